The summed E-state index contributed by atoms with van der Waals surface area (Å²) in [5.74, 6) is 0. The summed E-state index contributed by atoms with van der Waals surface area (Å²) in [5, 5.41) is 3.03. The fourth-order valence-electron chi connectivity index (χ4n) is 1.52. The third-order valence-electron chi connectivity index (χ3n) is 2.30. The van der Waals surface area contributed by atoms with Crippen LogP contribution in [0.4, 0.5) is 13.2 Å². The van der Waals surface area contributed by atoms with E-state index in [-0.39, 0.29) is 12.6 Å². The van der Waals surface area contributed by atoms with Crippen LogP contribution in [0.1, 0.15) is 24.1 Å². The average Bonchev–Trinajstić information content (AvgIpc) is 2.25. The van der Waals surface area contributed by atoms with Gasteiger partial charge >= 0.3 is 6.18 Å². The molecule has 0 saturated heterocycles. The average molecular weight is 232 g/mol. The lowest BCUT2D eigenvalue weighted by molar-refractivity contribution is -0.137. The molecular formula is C11H15F3N2. The number of benzene rings is 1. The minimum atomic E-state index is -4.30. The number of nitrogens with two attached hydrogens (primary N) is 1. The molecule has 0 aliphatic rings. The van der Waals surface area contributed by atoms with Crippen molar-refractivity contribution in [2.24, 2.45) is 5.73 Å². The Labute approximate surface area is 92.6 Å². The first-order valence-electron chi connectivity index (χ1n) is 5.09. The molecular weight excluding hydrogens is 217 g/mol. The normalized spacial score (nSPS) is 13.8. The van der Waals surface area contributed by atoms with E-state index in [0.29, 0.717) is 12.1 Å². The third-order valence-corrected chi connectivity index (χ3v) is 2.30. The summed E-state index contributed by atoms with van der Waals surface area (Å²) in [6.07, 6.45) is -4.30. The molecule has 0 radical (unpaired) electrons. The van der Waals surface area contributed by atoms with Crippen LogP contribution >= 0.6 is 0 Å². The summed E-state index contributed by atoms with van der Waals surface area (Å²) in [7, 11) is 0. The Morgan fingerprint density at radius 1 is 1.38 bits per heavy atom. The molecule has 0 saturated carbocycles. The van der Waals surface area contributed by atoms with Crippen LogP contribution in [-0.4, -0.2) is 13.1 Å². The molecule has 1 unspecified atom stereocenters. The van der Waals surface area contributed by atoms with E-state index >= 15 is 0 Å². The van der Waals surface area contributed by atoms with Crippen LogP contribution in [0.2, 0.25) is 0 Å². The maximum atomic E-state index is 12.5. The van der Waals surface area contributed by atoms with Crippen molar-refractivity contribution in [3.8, 4) is 0 Å². The molecule has 0 aliphatic carbocycles. The van der Waals surface area contributed by atoms with Gasteiger partial charge in [-0.1, -0.05) is 19.1 Å². The van der Waals surface area contributed by atoms with Crippen LogP contribution in [0.3, 0.4) is 0 Å². The maximum Gasteiger partial charge on any atom is 0.416 e. The lowest BCUT2D eigenvalue weighted by Crippen LogP contribution is -2.28. The van der Waals surface area contributed by atoms with Gasteiger partial charge in [-0.2, -0.15) is 13.2 Å². The van der Waals surface area contributed by atoms with Gasteiger partial charge in [-0.05, 0) is 24.2 Å². The maximum absolute atomic E-state index is 12.5. The molecule has 90 valence electrons. The predicted molar refractivity (Wildman–Crippen MR) is 56.9 cm³/mol. The van der Waals surface area contributed by atoms with Gasteiger partial charge in [0.1, 0.15) is 0 Å². The largest absolute Gasteiger partial charge is 0.416 e. The van der Waals surface area contributed by atoms with Crippen molar-refractivity contribution in [1.82, 2.24) is 5.32 Å². The van der Waals surface area contributed by atoms with E-state index < -0.39 is 11.7 Å². The van der Waals surface area contributed by atoms with E-state index in [1.54, 1.807) is 6.07 Å². The number of hydrogen-bond donors (Lipinski definition) is 2. The molecule has 5 heteroatoms. The van der Waals surface area contributed by atoms with Gasteiger partial charge < -0.3 is 11.1 Å². The topological polar surface area (TPSA) is 38.0 Å². The zero-order valence-electron chi connectivity index (χ0n) is 9.01. The van der Waals surface area contributed by atoms with Gasteiger partial charge in [0.25, 0.3) is 0 Å². The van der Waals surface area contributed by atoms with Crippen molar-refractivity contribution >= 4 is 0 Å². The highest BCUT2D eigenvalue weighted by molar-refractivity contribution is 5.28. The second-order valence-corrected chi connectivity index (χ2v) is 3.47. The van der Waals surface area contributed by atoms with Gasteiger partial charge in [0, 0.05) is 12.6 Å². The number of likely N-dealkylation sites (N-methyl/N-ethyl adjacent to an activating group) is 1. The molecule has 0 bridgehead atoms. The molecule has 0 aliphatic heterocycles. The van der Waals surface area contributed by atoms with Gasteiger partial charge in [0.2, 0.25) is 0 Å². The van der Waals surface area contributed by atoms with Crippen molar-refractivity contribution in [3.05, 3.63) is 35.4 Å². The highest BCUT2D eigenvalue weighted by atomic mass is 19.4. The highest BCUT2D eigenvalue weighted by Gasteiger charge is 2.30. The summed E-state index contributed by atoms with van der Waals surface area (Å²) in [6, 6.07) is 5.02. The van der Waals surface area contributed by atoms with E-state index in [1.807, 2.05) is 6.92 Å². The molecule has 0 heterocycles. The smallest absolute Gasteiger partial charge is 0.329 e. The number of nitrogens with one attached hydrogen (secondary N) is 1. The SMILES string of the molecule is CCNC(CN)c1cccc(C(F)(F)F)c1. The van der Waals surface area contributed by atoms with E-state index in [4.69, 9.17) is 5.73 Å². The van der Waals surface area contributed by atoms with E-state index in [2.05, 4.69) is 5.32 Å². The first-order valence-corrected chi connectivity index (χ1v) is 5.09. The Morgan fingerprint density at radius 3 is 2.56 bits per heavy atom. The van der Waals surface area contributed by atoms with Crippen molar-refractivity contribution in [3.63, 3.8) is 0 Å². The van der Waals surface area contributed by atoms with Gasteiger partial charge in [-0.3, -0.25) is 0 Å². The number of rotatable bonds is 4. The Bertz CT molecular complexity index is 336. The molecule has 16 heavy (non-hydrogen) atoms. The summed E-state index contributed by atoms with van der Waals surface area (Å²) in [6.45, 7) is 2.82. The lowest BCUT2D eigenvalue weighted by Gasteiger charge is -2.17. The second kappa shape index (κ2) is 5.32. The van der Waals surface area contributed by atoms with E-state index in [1.165, 1.54) is 6.07 Å². The van der Waals surface area contributed by atoms with Crippen LogP contribution in [0.25, 0.3) is 0 Å². The Balaban J connectivity index is 2.97. The third kappa shape index (κ3) is 3.21. The minimum Gasteiger partial charge on any atom is -0.329 e. The van der Waals surface area contributed by atoms with Crippen LogP contribution in [0, 0.1) is 0 Å². The van der Waals surface area contributed by atoms with Crippen LogP contribution in [0.5, 0.6) is 0 Å². The van der Waals surface area contributed by atoms with Crippen molar-refractivity contribution in [2.75, 3.05) is 13.1 Å². The summed E-state index contributed by atoms with van der Waals surface area (Å²) in [5.41, 5.74) is 5.44. The molecule has 0 amide bonds. The van der Waals surface area contributed by atoms with Crippen molar-refractivity contribution in [2.45, 2.75) is 19.1 Å². The lowest BCUT2D eigenvalue weighted by atomic mass is 10.0. The van der Waals surface area contributed by atoms with Crippen molar-refractivity contribution < 1.29 is 13.2 Å². The Kier molecular flexibility index (Phi) is 4.32. The van der Waals surface area contributed by atoms with Crippen LogP contribution in [-0.2, 0) is 6.18 Å². The molecule has 1 aromatic rings. The molecule has 1 rings (SSSR count). The Morgan fingerprint density at radius 2 is 2.06 bits per heavy atom. The van der Waals surface area contributed by atoms with Crippen molar-refractivity contribution in [1.29, 1.82) is 0 Å². The number of alkyl halides is 3. The number of halogens is 3. The van der Waals surface area contributed by atoms with Gasteiger partial charge in [0.05, 0.1) is 5.56 Å². The summed E-state index contributed by atoms with van der Waals surface area (Å²) in [4.78, 5) is 0. The quantitative estimate of drug-likeness (QED) is 0.836. The van der Waals surface area contributed by atoms with Crippen LogP contribution < -0.4 is 11.1 Å². The summed E-state index contributed by atoms with van der Waals surface area (Å²) >= 11 is 0. The standard InChI is InChI=1S/C11H15F3N2/c1-2-16-10(7-15)8-4-3-5-9(6-8)11(12,13)14/h3-6,10,16H,2,7,15H2,1H3. The van der Waals surface area contributed by atoms with Gasteiger partial charge in [-0.15, -0.1) is 0 Å². The molecule has 0 spiro atoms. The van der Waals surface area contributed by atoms with E-state index in [9.17, 15) is 13.2 Å². The first kappa shape index (κ1) is 13.0. The monoisotopic (exact) mass is 232 g/mol. The highest BCUT2D eigenvalue weighted by Crippen LogP contribution is 2.30. The van der Waals surface area contributed by atoms with Gasteiger partial charge in [0.15, 0.2) is 0 Å². The fourth-order valence-corrected chi connectivity index (χ4v) is 1.52. The Hall–Kier alpha value is -1.07. The fraction of sp³-hybridized carbons (Fsp3) is 0.455. The van der Waals surface area contributed by atoms with E-state index in [0.717, 1.165) is 12.1 Å². The molecule has 0 fully saturated rings. The molecule has 3 N–H and O–H groups in total. The molecule has 1 aromatic carbocycles. The zero-order valence-corrected chi connectivity index (χ0v) is 9.01. The van der Waals surface area contributed by atoms with Gasteiger partial charge in [-0.25, -0.2) is 0 Å². The summed E-state index contributed by atoms with van der Waals surface area (Å²) < 4.78 is 37.4. The zero-order chi connectivity index (χ0) is 12.2. The number of hydrogen-bond acceptors (Lipinski definition) is 2. The molecule has 0 aromatic heterocycles. The first-order chi connectivity index (χ1) is 7.49. The van der Waals surface area contributed by atoms with Crippen LogP contribution in [0.15, 0.2) is 24.3 Å². The minimum absolute atomic E-state index is 0.229. The predicted octanol–water partition coefficient (Wildman–Crippen LogP) is 2.31. The second-order valence-electron chi connectivity index (χ2n) is 3.47. The molecule has 2 nitrogen and oxygen atoms in total. The molecule has 1 atom stereocenters.